The summed E-state index contributed by atoms with van der Waals surface area (Å²) in [6, 6.07) is 28.5. The minimum atomic E-state index is -0.0995. The molecule has 2 heterocycles. The van der Waals surface area contributed by atoms with Gasteiger partial charge in [-0.1, -0.05) is 77.9 Å². The Morgan fingerprint density at radius 1 is 0.868 bits per heavy atom. The number of carbonyl (C=O) groups is 1. The Morgan fingerprint density at radius 2 is 1.55 bits per heavy atom. The van der Waals surface area contributed by atoms with E-state index in [-0.39, 0.29) is 12.0 Å². The molecule has 1 aliphatic rings. The molecule has 5 heteroatoms. The Balaban J connectivity index is 1.06. The van der Waals surface area contributed by atoms with Gasteiger partial charge in [0.25, 0.3) is 5.91 Å². The summed E-state index contributed by atoms with van der Waals surface area (Å²) in [5.74, 6) is 0.543. The maximum Gasteiger partial charge on any atom is 0.251 e. The van der Waals surface area contributed by atoms with Crippen molar-refractivity contribution in [3.8, 4) is 17.0 Å². The van der Waals surface area contributed by atoms with Crippen LogP contribution in [0.3, 0.4) is 0 Å². The number of amides is 1. The van der Waals surface area contributed by atoms with Crippen LogP contribution in [0.1, 0.15) is 45.5 Å². The Kier molecular flexibility index (Phi) is 8.15. The zero-order valence-corrected chi connectivity index (χ0v) is 22.2. The van der Waals surface area contributed by atoms with Crippen LogP contribution in [0, 0.1) is 13.8 Å². The van der Waals surface area contributed by atoms with Gasteiger partial charge in [0.1, 0.15) is 6.10 Å². The van der Waals surface area contributed by atoms with Crippen LogP contribution in [-0.4, -0.2) is 35.0 Å². The number of nitrogens with one attached hydrogen (secondary N) is 1. The van der Waals surface area contributed by atoms with Crippen LogP contribution in [0.15, 0.2) is 91.1 Å². The van der Waals surface area contributed by atoms with Gasteiger partial charge in [-0.15, -0.1) is 0 Å². The van der Waals surface area contributed by atoms with Gasteiger partial charge in [0, 0.05) is 44.0 Å². The molecule has 1 aliphatic heterocycles. The van der Waals surface area contributed by atoms with E-state index in [1.165, 1.54) is 16.7 Å². The van der Waals surface area contributed by atoms with E-state index in [4.69, 9.17) is 4.74 Å². The van der Waals surface area contributed by atoms with Gasteiger partial charge in [-0.2, -0.15) is 0 Å². The smallest absolute Gasteiger partial charge is 0.251 e. The Hall–Kier alpha value is -3.96. The summed E-state index contributed by atoms with van der Waals surface area (Å²) < 4.78 is 6.16. The van der Waals surface area contributed by atoms with Crippen molar-refractivity contribution in [2.75, 3.05) is 13.1 Å². The Labute approximate surface area is 225 Å². The monoisotopic (exact) mass is 505 g/mol. The first-order valence-electron chi connectivity index (χ1n) is 13.4. The van der Waals surface area contributed by atoms with E-state index in [1.807, 2.05) is 54.6 Å². The second-order valence-electron chi connectivity index (χ2n) is 10.2. The number of piperidine rings is 1. The lowest BCUT2D eigenvalue weighted by Gasteiger charge is -2.32. The van der Waals surface area contributed by atoms with E-state index in [0.717, 1.165) is 49.2 Å². The van der Waals surface area contributed by atoms with E-state index >= 15 is 0 Å². The number of aromatic nitrogens is 1. The van der Waals surface area contributed by atoms with Gasteiger partial charge < -0.3 is 10.1 Å². The van der Waals surface area contributed by atoms with E-state index in [9.17, 15) is 4.79 Å². The molecule has 1 saturated heterocycles. The molecule has 0 aliphatic carbocycles. The van der Waals surface area contributed by atoms with Gasteiger partial charge in [-0.05, 0) is 61.1 Å². The highest BCUT2D eigenvalue weighted by atomic mass is 16.5. The second kappa shape index (κ2) is 12.1. The van der Waals surface area contributed by atoms with Crippen molar-refractivity contribution in [2.24, 2.45) is 0 Å². The van der Waals surface area contributed by atoms with Crippen LogP contribution >= 0.6 is 0 Å². The van der Waals surface area contributed by atoms with Gasteiger partial charge in [-0.25, -0.2) is 4.98 Å². The molecule has 5 rings (SSSR count). The summed E-state index contributed by atoms with van der Waals surface area (Å²) in [5.41, 5.74) is 7.84. The highest BCUT2D eigenvalue weighted by Gasteiger charge is 2.21. The molecule has 1 aromatic heterocycles. The molecule has 0 spiro atoms. The largest absolute Gasteiger partial charge is 0.474 e. The Bertz CT molecular complexity index is 1320. The number of rotatable bonds is 8. The lowest BCUT2D eigenvalue weighted by atomic mass is 10.0. The van der Waals surface area contributed by atoms with Gasteiger partial charge in [0.2, 0.25) is 5.88 Å². The quantitative estimate of drug-likeness (QED) is 0.304. The topological polar surface area (TPSA) is 54.5 Å². The summed E-state index contributed by atoms with van der Waals surface area (Å²) in [4.78, 5) is 19.6. The maximum absolute atomic E-state index is 12.6. The first kappa shape index (κ1) is 25.7. The van der Waals surface area contributed by atoms with Gasteiger partial charge >= 0.3 is 0 Å². The number of pyridine rings is 1. The van der Waals surface area contributed by atoms with Crippen molar-refractivity contribution >= 4 is 5.91 Å². The molecule has 5 nitrogen and oxygen atoms in total. The maximum atomic E-state index is 12.6. The van der Waals surface area contributed by atoms with Crippen molar-refractivity contribution in [3.05, 3.63) is 119 Å². The van der Waals surface area contributed by atoms with Gasteiger partial charge in [0.05, 0.1) is 0 Å². The van der Waals surface area contributed by atoms with E-state index in [0.29, 0.717) is 18.0 Å². The summed E-state index contributed by atoms with van der Waals surface area (Å²) in [6.45, 7) is 7.78. The lowest BCUT2D eigenvalue weighted by Crippen LogP contribution is -2.37. The molecule has 1 amide bonds. The summed E-state index contributed by atoms with van der Waals surface area (Å²) in [7, 11) is 0. The normalized spacial score (nSPS) is 14.3. The van der Waals surface area contributed by atoms with Crippen LogP contribution in [0.4, 0.5) is 0 Å². The van der Waals surface area contributed by atoms with Crippen LogP contribution in [0.25, 0.3) is 11.1 Å². The molecule has 4 aromatic rings. The third-order valence-electron chi connectivity index (χ3n) is 7.01. The molecule has 3 aromatic carbocycles. The number of nitrogens with zero attached hydrogens (tertiary/aromatic N) is 2. The first-order chi connectivity index (χ1) is 18.5. The molecule has 194 valence electrons. The van der Waals surface area contributed by atoms with Crippen LogP contribution in [0.5, 0.6) is 5.88 Å². The minimum Gasteiger partial charge on any atom is -0.474 e. The SMILES string of the molecule is Cc1cc(C)cc(CN2CCC(Oc3ccc(CNC(=O)c4ccc(-c5ccccc5)cc4)cn3)CC2)c1. The van der Waals surface area contributed by atoms with Crippen molar-refractivity contribution in [3.63, 3.8) is 0 Å². The van der Waals surface area contributed by atoms with Crippen LogP contribution in [-0.2, 0) is 13.1 Å². The fourth-order valence-electron chi connectivity index (χ4n) is 5.09. The molecule has 0 saturated carbocycles. The number of hydrogen-bond acceptors (Lipinski definition) is 4. The average Bonchev–Trinajstić information content (AvgIpc) is 2.94. The zero-order valence-electron chi connectivity index (χ0n) is 22.2. The third kappa shape index (κ3) is 6.87. The first-order valence-corrected chi connectivity index (χ1v) is 13.4. The van der Waals surface area contributed by atoms with E-state index in [2.05, 4.69) is 59.4 Å². The van der Waals surface area contributed by atoms with Crippen molar-refractivity contribution in [1.82, 2.24) is 15.2 Å². The summed E-state index contributed by atoms with van der Waals surface area (Å²) in [6.07, 6.45) is 3.95. The second-order valence-corrected chi connectivity index (χ2v) is 10.2. The van der Waals surface area contributed by atoms with Crippen LogP contribution < -0.4 is 10.1 Å². The number of benzene rings is 3. The fourth-order valence-corrected chi connectivity index (χ4v) is 5.09. The van der Waals surface area contributed by atoms with Gasteiger partial charge in [0.15, 0.2) is 0 Å². The fraction of sp³-hybridized carbons (Fsp3) is 0.273. The predicted molar refractivity (Wildman–Crippen MR) is 152 cm³/mol. The highest BCUT2D eigenvalue weighted by molar-refractivity contribution is 5.94. The molecular weight excluding hydrogens is 470 g/mol. The molecule has 0 atom stereocenters. The molecule has 0 bridgehead atoms. The summed E-state index contributed by atoms with van der Waals surface area (Å²) in [5, 5.41) is 2.98. The van der Waals surface area contributed by atoms with Crippen molar-refractivity contribution in [2.45, 2.75) is 45.9 Å². The van der Waals surface area contributed by atoms with Crippen molar-refractivity contribution < 1.29 is 9.53 Å². The number of likely N-dealkylation sites (tertiary alicyclic amines) is 1. The standard InChI is InChI=1S/C33H35N3O2/c1-24-18-25(2)20-27(19-24)23-36-16-14-31(15-17-36)38-32-13-8-26(21-34-32)22-35-33(37)30-11-9-29(10-12-30)28-6-4-3-5-7-28/h3-13,18-21,31H,14-17,22-23H2,1-2H3,(H,35,37). The predicted octanol–water partition coefficient (Wildman–Crippen LogP) is 6.34. The highest BCUT2D eigenvalue weighted by Crippen LogP contribution is 2.21. The van der Waals surface area contributed by atoms with E-state index < -0.39 is 0 Å². The third-order valence-corrected chi connectivity index (χ3v) is 7.01. The zero-order chi connectivity index (χ0) is 26.3. The number of aryl methyl sites for hydroxylation is 2. The van der Waals surface area contributed by atoms with E-state index in [1.54, 1.807) is 6.20 Å². The molecule has 38 heavy (non-hydrogen) atoms. The van der Waals surface area contributed by atoms with Gasteiger partial charge in [-0.3, -0.25) is 9.69 Å². The van der Waals surface area contributed by atoms with Crippen LogP contribution in [0.2, 0.25) is 0 Å². The molecule has 1 fully saturated rings. The number of carbonyl (C=O) groups excluding carboxylic acids is 1. The lowest BCUT2D eigenvalue weighted by molar-refractivity contribution is 0.0932. The number of hydrogen-bond donors (Lipinski definition) is 1. The molecule has 0 radical (unpaired) electrons. The van der Waals surface area contributed by atoms with Crippen molar-refractivity contribution in [1.29, 1.82) is 0 Å². The Morgan fingerprint density at radius 3 is 2.21 bits per heavy atom. The molecule has 0 unspecified atom stereocenters. The average molecular weight is 506 g/mol. The molecule has 1 N–H and O–H groups in total. The molecular formula is C33H35N3O2. The number of ether oxygens (including phenoxy) is 1. The summed E-state index contributed by atoms with van der Waals surface area (Å²) >= 11 is 0. The minimum absolute atomic E-state index is 0.0995.